The molecule has 0 fully saturated rings. The van der Waals surface area contributed by atoms with Gasteiger partial charge in [0.05, 0.1) is 16.6 Å². The third-order valence-corrected chi connectivity index (χ3v) is 3.46. The van der Waals surface area contributed by atoms with Crippen LogP contribution in [0.3, 0.4) is 0 Å². The van der Waals surface area contributed by atoms with Crippen LogP contribution in [0.2, 0.25) is 10.2 Å². The number of hydrogen-bond acceptors (Lipinski definition) is 2. The van der Waals surface area contributed by atoms with Gasteiger partial charge in [-0.05, 0) is 19.1 Å². The Labute approximate surface area is 125 Å². The first-order chi connectivity index (χ1) is 9.49. The minimum Gasteiger partial charge on any atom is -0.345 e. The lowest BCUT2D eigenvalue weighted by atomic mass is 10.1. The van der Waals surface area contributed by atoms with E-state index in [1.807, 2.05) is 0 Å². The number of carbonyl (C=O) groups excluding carboxylic acids is 1. The van der Waals surface area contributed by atoms with E-state index < -0.39 is 11.9 Å². The molecule has 2 aromatic rings. The highest BCUT2D eigenvalue weighted by molar-refractivity contribution is 6.41. The predicted molar refractivity (Wildman–Crippen MR) is 76.5 cm³/mol. The maximum Gasteiger partial charge on any atom is 0.253 e. The van der Waals surface area contributed by atoms with Crippen molar-refractivity contribution in [2.24, 2.45) is 0 Å². The summed E-state index contributed by atoms with van der Waals surface area (Å²) in [5.41, 5.74) is 0.677. The summed E-state index contributed by atoms with van der Waals surface area (Å²) in [6, 6.07) is 7.21. The van der Waals surface area contributed by atoms with Crippen molar-refractivity contribution in [2.45, 2.75) is 13.0 Å². The molecule has 0 spiro atoms. The Bertz CT molecular complexity index is 649. The quantitative estimate of drug-likeness (QED) is 0.870. The van der Waals surface area contributed by atoms with Gasteiger partial charge < -0.3 is 5.32 Å². The fourth-order valence-electron chi connectivity index (χ4n) is 1.73. The minimum absolute atomic E-state index is 0.130. The normalized spacial score (nSPS) is 12.0. The van der Waals surface area contributed by atoms with E-state index in [2.05, 4.69) is 10.3 Å². The Morgan fingerprint density at radius 1 is 1.35 bits per heavy atom. The molecule has 1 heterocycles. The Balaban J connectivity index is 2.15. The number of hydrogen-bond donors (Lipinski definition) is 1. The molecule has 20 heavy (non-hydrogen) atoms. The van der Waals surface area contributed by atoms with Crippen LogP contribution in [0.25, 0.3) is 0 Å². The van der Waals surface area contributed by atoms with Crippen LogP contribution < -0.4 is 5.32 Å². The number of pyridine rings is 1. The molecule has 0 saturated heterocycles. The number of carbonyl (C=O) groups is 1. The number of amides is 1. The lowest BCUT2D eigenvalue weighted by Crippen LogP contribution is -2.27. The summed E-state index contributed by atoms with van der Waals surface area (Å²) in [6.45, 7) is 1.70. The van der Waals surface area contributed by atoms with Crippen molar-refractivity contribution in [3.05, 3.63) is 63.6 Å². The molecule has 1 unspecified atom stereocenters. The monoisotopic (exact) mass is 312 g/mol. The molecule has 3 nitrogen and oxygen atoms in total. The molecule has 2 rings (SSSR count). The Kier molecular flexibility index (Phi) is 4.57. The largest absolute Gasteiger partial charge is 0.345 e. The molecular weight excluding hydrogens is 302 g/mol. The smallest absolute Gasteiger partial charge is 0.253 e. The van der Waals surface area contributed by atoms with Crippen molar-refractivity contribution < 1.29 is 9.18 Å². The van der Waals surface area contributed by atoms with Crippen LogP contribution >= 0.6 is 23.2 Å². The second-order valence-corrected chi connectivity index (χ2v) is 4.98. The number of nitrogens with one attached hydrogen (secondary N) is 1. The van der Waals surface area contributed by atoms with E-state index in [1.165, 1.54) is 18.3 Å². The lowest BCUT2D eigenvalue weighted by molar-refractivity contribution is 0.0939. The number of benzene rings is 1. The van der Waals surface area contributed by atoms with Crippen LogP contribution in [-0.2, 0) is 0 Å². The third-order valence-electron chi connectivity index (χ3n) is 2.78. The summed E-state index contributed by atoms with van der Waals surface area (Å²) in [4.78, 5) is 15.8. The highest BCUT2D eigenvalue weighted by Crippen LogP contribution is 2.21. The average molecular weight is 313 g/mol. The van der Waals surface area contributed by atoms with Crippen molar-refractivity contribution in [3.8, 4) is 0 Å². The van der Waals surface area contributed by atoms with Gasteiger partial charge in [-0.15, -0.1) is 0 Å². The van der Waals surface area contributed by atoms with Crippen LogP contribution in [0.15, 0.2) is 36.5 Å². The first-order valence-corrected chi connectivity index (χ1v) is 6.61. The van der Waals surface area contributed by atoms with Gasteiger partial charge in [0.1, 0.15) is 11.0 Å². The molecular formula is C14H11Cl2FN2O. The molecule has 104 valence electrons. The summed E-state index contributed by atoms with van der Waals surface area (Å²) >= 11 is 11.5. The van der Waals surface area contributed by atoms with Gasteiger partial charge in [-0.3, -0.25) is 4.79 Å². The predicted octanol–water partition coefficient (Wildman–Crippen LogP) is 4.02. The van der Waals surface area contributed by atoms with Crippen molar-refractivity contribution in [1.82, 2.24) is 10.3 Å². The highest BCUT2D eigenvalue weighted by Gasteiger charge is 2.15. The molecule has 1 atom stereocenters. The molecule has 1 aromatic carbocycles. The molecule has 0 bridgehead atoms. The van der Waals surface area contributed by atoms with E-state index in [-0.39, 0.29) is 21.6 Å². The molecule has 0 radical (unpaired) electrons. The Hall–Kier alpha value is -1.65. The summed E-state index contributed by atoms with van der Waals surface area (Å²) < 4.78 is 13.6. The molecule has 0 aliphatic heterocycles. The molecule has 6 heteroatoms. The number of rotatable bonds is 3. The van der Waals surface area contributed by atoms with Gasteiger partial charge in [-0.2, -0.15) is 0 Å². The van der Waals surface area contributed by atoms with E-state index in [1.54, 1.807) is 25.1 Å². The molecule has 0 saturated carbocycles. The zero-order chi connectivity index (χ0) is 14.7. The van der Waals surface area contributed by atoms with E-state index in [9.17, 15) is 9.18 Å². The molecule has 1 amide bonds. The average Bonchev–Trinajstić information content (AvgIpc) is 2.42. The SMILES string of the molecule is CC(NC(=O)c1cnc(Cl)c(Cl)c1)c1ccccc1F. The fraction of sp³-hybridized carbons (Fsp3) is 0.143. The van der Waals surface area contributed by atoms with Crippen molar-refractivity contribution in [3.63, 3.8) is 0 Å². The lowest BCUT2D eigenvalue weighted by Gasteiger charge is -2.15. The summed E-state index contributed by atoms with van der Waals surface area (Å²) in [7, 11) is 0. The summed E-state index contributed by atoms with van der Waals surface area (Å²) in [5, 5.41) is 3.00. The summed E-state index contributed by atoms with van der Waals surface area (Å²) in [5.74, 6) is -0.764. The summed E-state index contributed by atoms with van der Waals surface area (Å²) in [6.07, 6.45) is 1.32. The second kappa shape index (κ2) is 6.20. The molecule has 1 aromatic heterocycles. The Morgan fingerprint density at radius 3 is 2.70 bits per heavy atom. The van der Waals surface area contributed by atoms with Gasteiger partial charge >= 0.3 is 0 Å². The van der Waals surface area contributed by atoms with Crippen molar-refractivity contribution in [1.29, 1.82) is 0 Å². The van der Waals surface area contributed by atoms with Crippen LogP contribution in [0.4, 0.5) is 4.39 Å². The van der Waals surface area contributed by atoms with E-state index in [0.29, 0.717) is 5.56 Å². The van der Waals surface area contributed by atoms with E-state index in [0.717, 1.165) is 0 Å². The highest BCUT2D eigenvalue weighted by atomic mass is 35.5. The zero-order valence-electron chi connectivity index (χ0n) is 10.5. The minimum atomic E-state index is -0.474. The second-order valence-electron chi connectivity index (χ2n) is 4.21. The van der Waals surface area contributed by atoms with Gasteiger partial charge in [0, 0.05) is 11.8 Å². The van der Waals surface area contributed by atoms with Crippen LogP contribution in [-0.4, -0.2) is 10.9 Å². The van der Waals surface area contributed by atoms with Crippen molar-refractivity contribution in [2.75, 3.05) is 0 Å². The maximum absolute atomic E-state index is 13.6. The zero-order valence-corrected chi connectivity index (χ0v) is 12.0. The van der Waals surface area contributed by atoms with Crippen LogP contribution in [0.5, 0.6) is 0 Å². The number of aromatic nitrogens is 1. The number of halogens is 3. The molecule has 1 N–H and O–H groups in total. The Morgan fingerprint density at radius 2 is 2.05 bits per heavy atom. The van der Waals surface area contributed by atoms with E-state index >= 15 is 0 Å². The maximum atomic E-state index is 13.6. The third kappa shape index (κ3) is 3.26. The fourth-order valence-corrected chi connectivity index (χ4v) is 2.00. The molecule has 0 aliphatic carbocycles. The topological polar surface area (TPSA) is 42.0 Å². The van der Waals surface area contributed by atoms with Crippen molar-refractivity contribution >= 4 is 29.1 Å². The van der Waals surface area contributed by atoms with Gasteiger partial charge in [0.25, 0.3) is 5.91 Å². The van der Waals surface area contributed by atoms with Gasteiger partial charge in [-0.1, -0.05) is 41.4 Å². The van der Waals surface area contributed by atoms with Gasteiger partial charge in [0.2, 0.25) is 0 Å². The number of nitrogens with zero attached hydrogens (tertiary/aromatic N) is 1. The van der Waals surface area contributed by atoms with E-state index in [4.69, 9.17) is 23.2 Å². The standard InChI is InChI=1S/C14H11Cl2FN2O/c1-8(10-4-2-3-5-12(10)17)19-14(20)9-6-11(15)13(16)18-7-9/h2-8H,1H3,(H,19,20). The van der Waals surface area contributed by atoms with Gasteiger partial charge in [0.15, 0.2) is 0 Å². The first-order valence-electron chi connectivity index (χ1n) is 5.85. The van der Waals surface area contributed by atoms with Crippen LogP contribution in [0.1, 0.15) is 28.9 Å². The van der Waals surface area contributed by atoms with Gasteiger partial charge in [-0.25, -0.2) is 9.37 Å². The molecule has 0 aliphatic rings. The first kappa shape index (κ1) is 14.8. The van der Waals surface area contributed by atoms with Crippen LogP contribution in [0, 0.1) is 5.82 Å².